The van der Waals surface area contributed by atoms with Gasteiger partial charge in [0.2, 0.25) is 0 Å². The van der Waals surface area contributed by atoms with Gasteiger partial charge in [-0.15, -0.1) is 4.89 Å². The Morgan fingerprint density at radius 3 is 2.35 bits per heavy atom. The SMILES string of the molecule is N#Cc1ccccc1C(O)(O[P+](=O)O)[P+](=O)O. The molecule has 1 aromatic rings. The van der Waals surface area contributed by atoms with Crippen molar-refractivity contribution in [2.75, 3.05) is 0 Å². The minimum absolute atomic E-state index is 0.135. The highest BCUT2D eigenvalue weighted by atomic mass is 31.1. The fourth-order valence-electron chi connectivity index (χ4n) is 1.16. The monoisotopic (exact) mass is 275 g/mol. The molecule has 17 heavy (non-hydrogen) atoms. The number of rotatable bonds is 4. The Morgan fingerprint density at radius 1 is 1.29 bits per heavy atom. The number of nitrogens with zero attached hydrogens (tertiary/aromatic N) is 1. The van der Waals surface area contributed by atoms with E-state index < -0.39 is 21.8 Å². The summed E-state index contributed by atoms with van der Waals surface area (Å²) >= 11 is 0. The Bertz CT molecular complexity index is 513. The topological polar surface area (TPSA) is 128 Å². The summed E-state index contributed by atoms with van der Waals surface area (Å²) in [5.41, 5.74) is -3.36. The maximum atomic E-state index is 11.0. The van der Waals surface area contributed by atoms with Crippen LogP contribution in [0.1, 0.15) is 11.1 Å². The van der Waals surface area contributed by atoms with E-state index >= 15 is 0 Å². The maximum absolute atomic E-state index is 11.0. The van der Waals surface area contributed by atoms with E-state index in [2.05, 4.69) is 4.52 Å². The summed E-state index contributed by atoms with van der Waals surface area (Å²) in [6.45, 7) is 0. The van der Waals surface area contributed by atoms with Crippen LogP contribution in [-0.4, -0.2) is 14.9 Å². The first-order chi connectivity index (χ1) is 7.91. The lowest BCUT2D eigenvalue weighted by Gasteiger charge is -2.09. The molecule has 0 fully saturated rings. The van der Waals surface area contributed by atoms with E-state index in [0.29, 0.717) is 0 Å². The van der Waals surface area contributed by atoms with E-state index in [9.17, 15) is 14.2 Å². The number of hydrogen-bond acceptors (Lipinski definition) is 5. The predicted octanol–water partition coefficient (Wildman–Crippen LogP) is 1.06. The van der Waals surface area contributed by atoms with Gasteiger partial charge in [0.1, 0.15) is 0 Å². The van der Waals surface area contributed by atoms with Crippen molar-refractivity contribution in [1.29, 1.82) is 5.26 Å². The van der Waals surface area contributed by atoms with Crippen molar-refractivity contribution >= 4 is 16.3 Å². The fraction of sp³-hybridized carbons (Fsp3) is 0.125. The molecule has 1 rings (SSSR count). The Hall–Kier alpha value is -1.25. The molecule has 0 saturated carbocycles. The summed E-state index contributed by atoms with van der Waals surface area (Å²) in [5, 5.41) is 18.6. The molecule has 0 spiro atoms. The van der Waals surface area contributed by atoms with E-state index in [1.807, 2.05) is 0 Å². The largest absolute Gasteiger partial charge is 0.702 e. The van der Waals surface area contributed by atoms with Gasteiger partial charge >= 0.3 is 21.8 Å². The summed E-state index contributed by atoms with van der Waals surface area (Å²) in [5.74, 6) is 0. The summed E-state index contributed by atoms with van der Waals surface area (Å²) in [6.07, 6.45) is 0. The van der Waals surface area contributed by atoms with Crippen molar-refractivity contribution in [3.05, 3.63) is 35.4 Å². The van der Waals surface area contributed by atoms with Crippen molar-refractivity contribution in [2.45, 2.75) is 5.53 Å². The van der Waals surface area contributed by atoms with Crippen LogP contribution in [0.25, 0.3) is 0 Å². The molecule has 3 N–H and O–H groups in total. The molecule has 0 aromatic heterocycles. The molecule has 0 bridgehead atoms. The number of benzene rings is 1. The highest BCUT2D eigenvalue weighted by Gasteiger charge is 2.60. The normalized spacial score (nSPS) is 15.6. The summed E-state index contributed by atoms with van der Waals surface area (Å²) in [6, 6.07) is 6.94. The maximum Gasteiger partial charge on any atom is 0.702 e. The molecule has 3 unspecified atom stereocenters. The smallest absolute Gasteiger partial charge is 0.317 e. The quantitative estimate of drug-likeness (QED) is 0.553. The molecule has 0 aliphatic rings. The van der Waals surface area contributed by atoms with Gasteiger partial charge in [-0.05, 0) is 21.2 Å². The molecule has 88 valence electrons. The second kappa shape index (κ2) is 5.39. The second-order valence-electron chi connectivity index (χ2n) is 2.87. The number of aliphatic hydroxyl groups is 1. The highest BCUT2D eigenvalue weighted by molar-refractivity contribution is 7.40. The average Bonchev–Trinajstić information content (AvgIpc) is 2.27. The van der Waals surface area contributed by atoms with Crippen molar-refractivity contribution < 1.29 is 28.5 Å². The van der Waals surface area contributed by atoms with Crippen LogP contribution in [0, 0.1) is 11.3 Å². The first-order valence-electron chi connectivity index (χ1n) is 4.15. The van der Waals surface area contributed by atoms with Crippen LogP contribution in [0.3, 0.4) is 0 Å². The molecule has 0 heterocycles. The molecular formula is C8H7NO6P2+2. The minimum Gasteiger partial charge on any atom is -0.317 e. The van der Waals surface area contributed by atoms with Crippen molar-refractivity contribution in [3.63, 3.8) is 0 Å². The van der Waals surface area contributed by atoms with Crippen LogP contribution in [0.4, 0.5) is 0 Å². The third-order valence-electron chi connectivity index (χ3n) is 1.86. The summed E-state index contributed by atoms with van der Waals surface area (Å²) in [7, 11) is -6.70. The molecule has 0 saturated heterocycles. The van der Waals surface area contributed by atoms with Crippen LogP contribution in [0.2, 0.25) is 0 Å². The van der Waals surface area contributed by atoms with Crippen LogP contribution in [0.5, 0.6) is 0 Å². The molecule has 0 aliphatic carbocycles. The molecule has 0 radical (unpaired) electrons. The van der Waals surface area contributed by atoms with Gasteiger partial charge in [-0.1, -0.05) is 12.1 Å². The van der Waals surface area contributed by atoms with Crippen molar-refractivity contribution in [2.24, 2.45) is 0 Å². The van der Waals surface area contributed by atoms with Gasteiger partial charge in [0, 0.05) is 4.57 Å². The van der Waals surface area contributed by atoms with E-state index in [4.69, 9.17) is 15.0 Å². The Morgan fingerprint density at radius 2 is 1.88 bits per heavy atom. The Kier molecular flexibility index (Phi) is 4.38. The molecule has 9 heteroatoms. The highest BCUT2D eigenvalue weighted by Crippen LogP contribution is 2.48. The van der Waals surface area contributed by atoms with Gasteiger partial charge in [-0.2, -0.15) is 10.2 Å². The second-order valence-corrected chi connectivity index (χ2v) is 4.68. The van der Waals surface area contributed by atoms with E-state index in [-0.39, 0.29) is 11.1 Å². The third-order valence-corrected chi connectivity index (χ3v) is 3.28. The lowest BCUT2D eigenvalue weighted by Crippen LogP contribution is -2.23. The zero-order valence-electron chi connectivity index (χ0n) is 8.22. The van der Waals surface area contributed by atoms with Gasteiger partial charge < -0.3 is 5.11 Å². The number of nitriles is 1. The summed E-state index contributed by atoms with van der Waals surface area (Å²) < 4.78 is 25.7. The first-order valence-corrected chi connectivity index (χ1v) is 6.49. The molecule has 0 aliphatic heterocycles. The van der Waals surface area contributed by atoms with Crippen molar-refractivity contribution in [3.8, 4) is 6.07 Å². The standard InChI is InChI=1S/C8H5NO6P2/c9-5-6-3-1-2-4-7(6)8(10,16(11)12)15-17(13)14/h1-4,10H/p+2. The van der Waals surface area contributed by atoms with Crippen LogP contribution in [-0.2, 0) is 19.2 Å². The summed E-state index contributed by atoms with van der Waals surface area (Å²) in [4.78, 5) is 17.5. The molecule has 3 atom stereocenters. The van der Waals surface area contributed by atoms with Gasteiger partial charge in [0.05, 0.1) is 17.2 Å². The van der Waals surface area contributed by atoms with Gasteiger partial charge in [-0.3, -0.25) is 0 Å². The van der Waals surface area contributed by atoms with Crippen molar-refractivity contribution in [1.82, 2.24) is 0 Å². The Balaban J connectivity index is 3.38. The molecule has 7 nitrogen and oxygen atoms in total. The average molecular weight is 275 g/mol. The van der Waals surface area contributed by atoms with Crippen LogP contribution in [0.15, 0.2) is 24.3 Å². The molecule has 0 amide bonds. The zero-order chi connectivity index (χ0) is 13.1. The van der Waals surface area contributed by atoms with Gasteiger partial charge in [-0.25, -0.2) is 0 Å². The lowest BCUT2D eigenvalue weighted by atomic mass is 10.1. The minimum atomic E-state index is -3.39. The van der Waals surface area contributed by atoms with Crippen LogP contribution >= 0.6 is 16.3 Å². The van der Waals surface area contributed by atoms with E-state index in [0.717, 1.165) is 6.07 Å². The predicted molar refractivity (Wildman–Crippen MR) is 55.8 cm³/mol. The van der Waals surface area contributed by atoms with Gasteiger partial charge in [0.15, 0.2) is 0 Å². The first kappa shape index (κ1) is 13.8. The Labute approximate surface area is 97.7 Å². The lowest BCUT2D eigenvalue weighted by molar-refractivity contribution is -0.0743. The van der Waals surface area contributed by atoms with E-state index in [1.165, 1.54) is 18.2 Å². The molecular weight excluding hydrogens is 268 g/mol. The van der Waals surface area contributed by atoms with Crippen LogP contribution < -0.4 is 0 Å². The zero-order valence-corrected chi connectivity index (χ0v) is 10.0. The van der Waals surface area contributed by atoms with Gasteiger partial charge in [0.25, 0.3) is 0 Å². The fourth-order valence-corrected chi connectivity index (χ4v) is 2.37. The molecule has 1 aromatic carbocycles. The van der Waals surface area contributed by atoms with E-state index in [1.54, 1.807) is 6.07 Å². The third kappa shape index (κ3) is 2.90. The number of hydrogen-bond donors (Lipinski definition) is 3.